The van der Waals surface area contributed by atoms with Crippen molar-refractivity contribution >= 4 is 5.78 Å². The van der Waals surface area contributed by atoms with Gasteiger partial charge in [0.05, 0.1) is 0 Å². The number of Topliss-reactive ketones (excluding diaryl/α,β-unsaturated/α-hetero) is 1. The number of aryl methyl sites for hydroxylation is 2. The third-order valence-corrected chi connectivity index (χ3v) is 4.74. The van der Waals surface area contributed by atoms with Crippen molar-refractivity contribution in [3.63, 3.8) is 0 Å². The molecule has 1 aliphatic carbocycles. The molecular formula is C18H26O. The number of rotatable bonds is 4. The lowest BCUT2D eigenvalue weighted by Gasteiger charge is -2.32. The van der Waals surface area contributed by atoms with E-state index in [0.717, 1.165) is 31.2 Å². The van der Waals surface area contributed by atoms with Crippen molar-refractivity contribution in [2.24, 2.45) is 5.41 Å². The molecule has 1 heteroatoms. The van der Waals surface area contributed by atoms with Gasteiger partial charge in [-0.05, 0) is 42.9 Å². The highest BCUT2D eigenvalue weighted by Crippen LogP contribution is 2.38. The van der Waals surface area contributed by atoms with Crippen LogP contribution in [0.15, 0.2) is 18.2 Å². The van der Waals surface area contributed by atoms with E-state index in [0.29, 0.717) is 5.78 Å². The average Bonchev–Trinajstić information content (AvgIpc) is 2.46. The first-order chi connectivity index (χ1) is 9.10. The molecule has 1 aliphatic rings. The summed E-state index contributed by atoms with van der Waals surface area (Å²) in [6, 6.07) is 6.33. The van der Waals surface area contributed by atoms with E-state index in [9.17, 15) is 4.79 Å². The average molecular weight is 258 g/mol. The summed E-state index contributed by atoms with van der Waals surface area (Å²) >= 11 is 0. The number of hydrogen-bond donors (Lipinski definition) is 0. The lowest BCUT2D eigenvalue weighted by molar-refractivity contribution is 0.0749. The molecule has 0 unspecified atom stereocenters. The first-order valence-corrected chi connectivity index (χ1v) is 7.77. The largest absolute Gasteiger partial charge is 0.294 e. The normalized spacial score (nSPS) is 18.3. The molecule has 0 atom stereocenters. The van der Waals surface area contributed by atoms with E-state index in [1.807, 2.05) is 6.07 Å². The number of carbonyl (C=O) groups excluding carboxylic acids is 1. The van der Waals surface area contributed by atoms with Gasteiger partial charge >= 0.3 is 0 Å². The van der Waals surface area contributed by atoms with Gasteiger partial charge in [0.2, 0.25) is 0 Å². The summed E-state index contributed by atoms with van der Waals surface area (Å²) in [4.78, 5) is 12.8. The molecule has 0 radical (unpaired) electrons. The maximum absolute atomic E-state index is 12.8. The topological polar surface area (TPSA) is 17.1 Å². The van der Waals surface area contributed by atoms with Crippen LogP contribution in [0.2, 0.25) is 0 Å². The smallest absolute Gasteiger partial charge is 0.168 e. The second kappa shape index (κ2) is 5.90. The van der Waals surface area contributed by atoms with Crippen molar-refractivity contribution < 1.29 is 4.79 Å². The van der Waals surface area contributed by atoms with E-state index < -0.39 is 0 Å². The number of benzene rings is 1. The van der Waals surface area contributed by atoms with Crippen LogP contribution in [0.3, 0.4) is 0 Å². The van der Waals surface area contributed by atoms with E-state index in [1.54, 1.807) is 0 Å². The fourth-order valence-corrected chi connectivity index (χ4v) is 3.35. The van der Waals surface area contributed by atoms with E-state index in [2.05, 4.69) is 32.9 Å². The number of hydrogen-bond acceptors (Lipinski definition) is 1. The zero-order valence-electron chi connectivity index (χ0n) is 12.6. The van der Waals surface area contributed by atoms with Crippen LogP contribution in [-0.2, 0) is 12.8 Å². The van der Waals surface area contributed by atoms with Crippen LogP contribution in [0.4, 0.5) is 0 Å². The van der Waals surface area contributed by atoms with Gasteiger partial charge in [0, 0.05) is 11.0 Å². The summed E-state index contributed by atoms with van der Waals surface area (Å²) in [5, 5.41) is 0. The summed E-state index contributed by atoms with van der Waals surface area (Å²) in [7, 11) is 0. The second-order valence-electron chi connectivity index (χ2n) is 6.14. The second-order valence-corrected chi connectivity index (χ2v) is 6.14. The standard InChI is InChI=1S/C18H26O/c1-4-14-9-10-16(13-15(14)5-2)17(19)18(3)11-7-6-8-12-18/h9-10,13H,4-8,11-12H2,1-3H3. The molecule has 1 aromatic rings. The predicted octanol–water partition coefficient (Wildman–Crippen LogP) is 4.96. The lowest BCUT2D eigenvalue weighted by Crippen LogP contribution is -2.30. The highest BCUT2D eigenvalue weighted by Gasteiger charge is 2.35. The molecule has 19 heavy (non-hydrogen) atoms. The SMILES string of the molecule is CCc1ccc(C(=O)C2(C)CCCCC2)cc1CC. The molecule has 1 nitrogen and oxygen atoms in total. The molecule has 1 saturated carbocycles. The fraction of sp³-hybridized carbons (Fsp3) is 0.611. The maximum atomic E-state index is 12.8. The van der Waals surface area contributed by atoms with Crippen molar-refractivity contribution in [1.29, 1.82) is 0 Å². The van der Waals surface area contributed by atoms with Crippen molar-refractivity contribution in [1.82, 2.24) is 0 Å². The Morgan fingerprint density at radius 2 is 1.68 bits per heavy atom. The Bertz CT molecular complexity index is 453. The van der Waals surface area contributed by atoms with Crippen LogP contribution in [0.25, 0.3) is 0 Å². The van der Waals surface area contributed by atoms with Crippen molar-refractivity contribution in [2.45, 2.75) is 65.7 Å². The van der Waals surface area contributed by atoms with Crippen LogP contribution in [-0.4, -0.2) is 5.78 Å². The van der Waals surface area contributed by atoms with Gasteiger partial charge in [-0.25, -0.2) is 0 Å². The summed E-state index contributed by atoms with van der Waals surface area (Å²) in [5.41, 5.74) is 3.54. The zero-order valence-corrected chi connectivity index (χ0v) is 12.6. The lowest BCUT2D eigenvalue weighted by atomic mass is 9.71. The Balaban J connectivity index is 2.28. The van der Waals surface area contributed by atoms with Crippen LogP contribution in [0.5, 0.6) is 0 Å². The minimum atomic E-state index is -0.114. The van der Waals surface area contributed by atoms with Crippen molar-refractivity contribution in [3.8, 4) is 0 Å². The molecule has 0 bridgehead atoms. The van der Waals surface area contributed by atoms with Crippen LogP contribution < -0.4 is 0 Å². The molecule has 0 heterocycles. The third kappa shape index (κ3) is 2.91. The molecule has 104 valence electrons. The first-order valence-electron chi connectivity index (χ1n) is 7.77. The van der Waals surface area contributed by atoms with Gasteiger partial charge in [0.1, 0.15) is 0 Å². The predicted molar refractivity (Wildman–Crippen MR) is 80.7 cm³/mol. The minimum Gasteiger partial charge on any atom is -0.294 e. The molecule has 2 rings (SSSR count). The van der Waals surface area contributed by atoms with Crippen LogP contribution in [0, 0.1) is 5.41 Å². The Morgan fingerprint density at radius 3 is 2.26 bits per heavy atom. The van der Waals surface area contributed by atoms with Gasteiger partial charge in [0.15, 0.2) is 5.78 Å². The third-order valence-electron chi connectivity index (χ3n) is 4.74. The molecule has 1 aromatic carbocycles. The summed E-state index contributed by atoms with van der Waals surface area (Å²) in [5.74, 6) is 0.365. The van der Waals surface area contributed by atoms with Gasteiger partial charge in [-0.3, -0.25) is 4.79 Å². The van der Waals surface area contributed by atoms with Gasteiger partial charge in [-0.1, -0.05) is 52.2 Å². The molecule has 0 spiro atoms. The van der Waals surface area contributed by atoms with E-state index in [1.165, 1.54) is 30.4 Å². The van der Waals surface area contributed by atoms with Gasteiger partial charge in [-0.2, -0.15) is 0 Å². The van der Waals surface area contributed by atoms with Gasteiger partial charge < -0.3 is 0 Å². The zero-order chi connectivity index (χ0) is 13.9. The molecule has 0 aliphatic heterocycles. The summed E-state index contributed by atoms with van der Waals surface area (Å²) in [6.07, 6.45) is 7.88. The Morgan fingerprint density at radius 1 is 1.05 bits per heavy atom. The van der Waals surface area contributed by atoms with Gasteiger partial charge in [-0.15, -0.1) is 0 Å². The minimum absolute atomic E-state index is 0.114. The van der Waals surface area contributed by atoms with Gasteiger partial charge in [0.25, 0.3) is 0 Å². The monoisotopic (exact) mass is 258 g/mol. The quantitative estimate of drug-likeness (QED) is 0.697. The number of carbonyl (C=O) groups is 1. The molecule has 0 saturated heterocycles. The first kappa shape index (κ1) is 14.3. The maximum Gasteiger partial charge on any atom is 0.168 e. The summed E-state index contributed by atoms with van der Waals surface area (Å²) in [6.45, 7) is 6.51. The van der Waals surface area contributed by atoms with E-state index >= 15 is 0 Å². The molecule has 0 amide bonds. The molecule has 1 fully saturated rings. The Kier molecular flexibility index (Phi) is 4.44. The van der Waals surface area contributed by atoms with Crippen LogP contribution in [0.1, 0.15) is 74.4 Å². The highest BCUT2D eigenvalue weighted by atomic mass is 16.1. The van der Waals surface area contributed by atoms with E-state index in [-0.39, 0.29) is 5.41 Å². The summed E-state index contributed by atoms with van der Waals surface area (Å²) < 4.78 is 0. The molecular weight excluding hydrogens is 232 g/mol. The molecule has 0 N–H and O–H groups in total. The Hall–Kier alpha value is -1.11. The number of ketones is 1. The van der Waals surface area contributed by atoms with Crippen LogP contribution >= 0.6 is 0 Å². The van der Waals surface area contributed by atoms with Crippen molar-refractivity contribution in [2.75, 3.05) is 0 Å². The van der Waals surface area contributed by atoms with E-state index in [4.69, 9.17) is 0 Å². The Labute approximate surface area is 117 Å². The van der Waals surface area contributed by atoms with Crippen molar-refractivity contribution in [3.05, 3.63) is 34.9 Å². The fourth-order valence-electron chi connectivity index (χ4n) is 3.35. The molecule has 0 aromatic heterocycles. The highest BCUT2D eigenvalue weighted by molar-refractivity contribution is 6.00.